The molecular weight excluding hydrogens is 340 g/mol. The van der Waals surface area contributed by atoms with E-state index in [1.54, 1.807) is 4.68 Å². The second kappa shape index (κ2) is 5.94. The zero-order valence-electron chi connectivity index (χ0n) is 13.8. The Labute approximate surface area is 146 Å². The van der Waals surface area contributed by atoms with E-state index in [2.05, 4.69) is 22.2 Å². The van der Waals surface area contributed by atoms with E-state index < -0.39 is 15.7 Å². The van der Waals surface area contributed by atoms with E-state index >= 15 is 0 Å². The molecule has 8 heteroatoms. The lowest BCUT2D eigenvalue weighted by molar-refractivity contribution is -0.117. The summed E-state index contributed by atoms with van der Waals surface area (Å²) < 4.78 is 25.4. The fraction of sp³-hybridized carbons (Fsp3) is 0.471. The summed E-state index contributed by atoms with van der Waals surface area (Å²) in [5.41, 5.74) is 8.79. The second-order valence-corrected chi connectivity index (χ2v) is 9.08. The molecule has 1 atom stereocenters. The smallest absolute Gasteiger partial charge is 0.225 e. The van der Waals surface area contributed by atoms with Crippen molar-refractivity contribution < 1.29 is 13.2 Å². The van der Waals surface area contributed by atoms with Crippen LogP contribution < -0.4 is 5.73 Å². The van der Waals surface area contributed by atoms with Crippen LogP contribution in [0.5, 0.6) is 0 Å². The maximum atomic E-state index is 11.9. The quantitative estimate of drug-likeness (QED) is 0.863. The number of hydrogen-bond donors (Lipinski definition) is 1. The minimum Gasteiger partial charge on any atom is -0.369 e. The largest absolute Gasteiger partial charge is 0.369 e. The average molecular weight is 360 g/mol. The van der Waals surface area contributed by atoms with Gasteiger partial charge in [0.2, 0.25) is 5.91 Å². The summed E-state index contributed by atoms with van der Waals surface area (Å²) in [6.45, 7) is 0. The van der Waals surface area contributed by atoms with Crippen LogP contribution in [0.3, 0.4) is 0 Å². The van der Waals surface area contributed by atoms with Crippen molar-refractivity contribution in [1.82, 2.24) is 14.8 Å². The topological polar surface area (TPSA) is 108 Å². The van der Waals surface area contributed by atoms with Crippen molar-refractivity contribution in [3.63, 3.8) is 0 Å². The first kappa shape index (κ1) is 16.3. The number of nitrogens with two attached hydrogens (primary N) is 1. The standard InChI is InChI=1S/C17H20N4O3S/c18-15(22)9-16-19-17(13-6-7-25(23,24)10-13)21(20-16)14-5-4-11-2-1-3-12(11)8-14/h4-5,8,13H,1-3,6-7,9-10H2,(H2,18,22)/t13-/m0/s1. The predicted molar refractivity (Wildman–Crippen MR) is 92.3 cm³/mol. The van der Waals surface area contributed by atoms with Crippen LogP contribution in [0, 0.1) is 0 Å². The molecule has 25 heavy (non-hydrogen) atoms. The molecule has 1 aliphatic carbocycles. The first-order valence-electron chi connectivity index (χ1n) is 8.48. The number of amides is 1. The highest BCUT2D eigenvalue weighted by atomic mass is 32.2. The molecule has 1 saturated heterocycles. The molecule has 0 radical (unpaired) electrons. The lowest BCUT2D eigenvalue weighted by Gasteiger charge is -2.11. The van der Waals surface area contributed by atoms with Crippen LogP contribution >= 0.6 is 0 Å². The predicted octanol–water partition coefficient (Wildman–Crippen LogP) is 0.686. The molecule has 132 valence electrons. The Morgan fingerprint density at radius 1 is 1.28 bits per heavy atom. The van der Waals surface area contributed by atoms with Crippen LogP contribution in [0.25, 0.3) is 5.69 Å². The van der Waals surface area contributed by atoms with Gasteiger partial charge in [0.15, 0.2) is 15.7 Å². The number of carbonyl (C=O) groups is 1. The summed E-state index contributed by atoms with van der Waals surface area (Å²) in [7, 11) is -3.04. The van der Waals surface area contributed by atoms with Crippen LogP contribution in [-0.2, 0) is 33.9 Å². The van der Waals surface area contributed by atoms with Gasteiger partial charge in [-0.1, -0.05) is 6.07 Å². The Hall–Kier alpha value is -2.22. The number of sulfone groups is 1. The number of hydrogen-bond acceptors (Lipinski definition) is 5. The Morgan fingerprint density at radius 3 is 2.80 bits per heavy atom. The zero-order chi connectivity index (χ0) is 17.6. The lowest BCUT2D eigenvalue weighted by atomic mass is 10.1. The molecule has 4 rings (SSSR count). The maximum Gasteiger partial charge on any atom is 0.225 e. The number of nitrogens with zero attached hydrogens (tertiary/aromatic N) is 3. The third-order valence-electron chi connectivity index (χ3n) is 4.93. The van der Waals surface area contributed by atoms with Crippen LogP contribution in [0.4, 0.5) is 0 Å². The van der Waals surface area contributed by atoms with E-state index in [9.17, 15) is 13.2 Å². The number of aryl methyl sites for hydroxylation is 2. The van der Waals surface area contributed by atoms with Crippen molar-refractivity contribution in [2.45, 2.75) is 38.0 Å². The fourth-order valence-corrected chi connectivity index (χ4v) is 5.48. The van der Waals surface area contributed by atoms with Crippen molar-refractivity contribution in [3.8, 4) is 5.69 Å². The molecule has 1 aromatic heterocycles. The Balaban J connectivity index is 1.77. The zero-order valence-corrected chi connectivity index (χ0v) is 14.6. The van der Waals surface area contributed by atoms with Gasteiger partial charge in [-0.25, -0.2) is 18.1 Å². The molecule has 0 saturated carbocycles. The molecule has 2 aromatic rings. The highest BCUT2D eigenvalue weighted by Crippen LogP contribution is 2.31. The van der Waals surface area contributed by atoms with Gasteiger partial charge in [-0.15, -0.1) is 0 Å². The highest BCUT2D eigenvalue weighted by molar-refractivity contribution is 7.91. The summed E-state index contributed by atoms with van der Waals surface area (Å²) in [4.78, 5) is 15.7. The van der Waals surface area contributed by atoms with E-state index in [0.717, 1.165) is 24.9 Å². The summed E-state index contributed by atoms with van der Waals surface area (Å²) in [5.74, 6) is 0.485. The number of primary amides is 1. The minimum absolute atomic E-state index is 0.0512. The van der Waals surface area contributed by atoms with Crippen molar-refractivity contribution in [3.05, 3.63) is 41.0 Å². The summed E-state index contributed by atoms with van der Waals surface area (Å²) >= 11 is 0. The van der Waals surface area contributed by atoms with Crippen molar-refractivity contribution in [1.29, 1.82) is 0 Å². The second-order valence-electron chi connectivity index (χ2n) is 6.85. The Bertz CT molecular complexity index is 949. The molecule has 1 fully saturated rings. The van der Waals surface area contributed by atoms with Crippen molar-refractivity contribution in [2.24, 2.45) is 5.73 Å². The van der Waals surface area contributed by atoms with E-state index in [0.29, 0.717) is 18.1 Å². The molecule has 2 aliphatic rings. The van der Waals surface area contributed by atoms with Gasteiger partial charge in [0.1, 0.15) is 5.82 Å². The minimum atomic E-state index is -3.04. The third-order valence-corrected chi connectivity index (χ3v) is 6.70. The van der Waals surface area contributed by atoms with Gasteiger partial charge in [-0.2, -0.15) is 5.10 Å². The molecule has 1 aromatic carbocycles. The summed E-state index contributed by atoms with van der Waals surface area (Å²) in [6, 6.07) is 6.18. The highest BCUT2D eigenvalue weighted by Gasteiger charge is 2.33. The number of rotatable bonds is 4. The molecule has 2 heterocycles. The van der Waals surface area contributed by atoms with Crippen LogP contribution in [0.1, 0.15) is 41.5 Å². The van der Waals surface area contributed by atoms with Gasteiger partial charge in [-0.3, -0.25) is 4.79 Å². The molecule has 1 amide bonds. The first-order chi connectivity index (χ1) is 11.9. The fourth-order valence-electron chi connectivity index (χ4n) is 3.74. The first-order valence-corrected chi connectivity index (χ1v) is 10.3. The molecule has 1 aliphatic heterocycles. The SMILES string of the molecule is NC(=O)Cc1nc([C@H]2CCS(=O)(=O)C2)n(-c2ccc3c(c2)CCC3)n1. The van der Waals surface area contributed by atoms with Crippen LogP contribution in [0.15, 0.2) is 18.2 Å². The van der Waals surface area contributed by atoms with Gasteiger partial charge in [0.25, 0.3) is 0 Å². The van der Waals surface area contributed by atoms with E-state index in [4.69, 9.17) is 5.73 Å². The van der Waals surface area contributed by atoms with Crippen molar-refractivity contribution in [2.75, 3.05) is 11.5 Å². The van der Waals surface area contributed by atoms with E-state index in [-0.39, 0.29) is 23.8 Å². The molecular formula is C17H20N4O3S. The van der Waals surface area contributed by atoms with Gasteiger partial charge in [0.05, 0.1) is 23.6 Å². The Morgan fingerprint density at radius 2 is 2.08 bits per heavy atom. The maximum absolute atomic E-state index is 11.9. The Kier molecular flexibility index (Phi) is 3.87. The van der Waals surface area contributed by atoms with E-state index in [1.165, 1.54) is 11.1 Å². The molecule has 2 N–H and O–H groups in total. The molecule has 0 spiro atoms. The van der Waals surface area contributed by atoms with Crippen LogP contribution in [-0.4, -0.2) is 40.6 Å². The van der Waals surface area contributed by atoms with Crippen molar-refractivity contribution >= 4 is 15.7 Å². The monoisotopic (exact) mass is 360 g/mol. The molecule has 7 nitrogen and oxygen atoms in total. The van der Waals surface area contributed by atoms with Crippen LogP contribution in [0.2, 0.25) is 0 Å². The van der Waals surface area contributed by atoms with E-state index in [1.807, 2.05) is 6.07 Å². The average Bonchev–Trinajstić information content (AvgIpc) is 3.23. The lowest BCUT2D eigenvalue weighted by Crippen LogP contribution is -2.14. The number of aromatic nitrogens is 3. The summed E-state index contributed by atoms with van der Waals surface area (Å²) in [5, 5.41) is 4.45. The number of fused-ring (bicyclic) bond motifs is 1. The van der Waals surface area contributed by atoms with Gasteiger partial charge < -0.3 is 5.73 Å². The number of benzene rings is 1. The van der Waals surface area contributed by atoms with Gasteiger partial charge >= 0.3 is 0 Å². The van der Waals surface area contributed by atoms with Gasteiger partial charge in [0, 0.05) is 5.92 Å². The molecule has 0 unspecified atom stereocenters. The molecule has 0 bridgehead atoms. The summed E-state index contributed by atoms with van der Waals surface area (Å²) in [6.07, 6.45) is 3.76. The van der Waals surface area contributed by atoms with Gasteiger partial charge in [-0.05, 0) is 48.9 Å². The normalized spacial score (nSPS) is 21.4. The third kappa shape index (κ3) is 3.18. The number of carbonyl (C=O) groups excluding carboxylic acids is 1.